The van der Waals surface area contributed by atoms with Crippen molar-refractivity contribution in [3.05, 3.63) is 48.3 Å². The maximum absolute atomic E-state index is 13.7. The lowest BCUT2D eigenvalue weighted by atomic mass is 10.1. The van der Waals surface area contributed by atoms with Crippen molar-refractivity contribution in [3.63, 3.8) is 0 Å². The zero-order valence-corrected chi connectivity index (χ0v) is 24.8. The zero-order chi connectivity index (χ0) is 29.6. The first-order valence-corrected chi connectivity index (χ1v) is 14.7. The van der Waals surface area contributed by atoms with E-state index in [1.165, 1.54) is 0 Å². The van der Waals surface area contributed by atoms with Gasteiger partial charge >= 0.3 is 6.03 Å². The molecule has 0 N–H and O–H groups in total. The quantitative estimate of drug-likeness (QED) is 0.323. The molecule has 0 unspecified atom stereocenters. The van der Waals surface area contributed by atoms with Crippen molar-refractivity contribution in [1.29, 1.82) is 0 Å². The highest BCUT2D eigenvalue weighted by molar-refractivity contribution is 5.93. The largest absolute Gasteiger partial charge is 0.493 e. The summed E-state index contributed by atoms with van der Waals surface area (Å²) < 4.78 is 13.3. The molecule has 2 saturated heterocycles. The van der Waals surface area contributed by atoms with E-state index in [-0.39, 0.29) is 30.9 Å². The number of methoxy groups -OCH3 is 1. The number of rotatable bonds is 11. The number of urea groups is 1. The van der Waals surface area contributed by atoms with Gasteiger partial charge in [-0.3, -0.25) is 14.5 Å². The second kappa shape index (κ2) is 13.1. The van der Waals surface area contributed by atoms with Gasteiger partial charge in [0.1, 0.15) is 12.2 Å². The molecule has 1 aromatic carbocycles. The van der Waals surface area contributed by atoms with Crippen LogP contribution in [0.25, 0.3) is 11.0 Å². The molecule has 4 amide bonds. The van der Waals surface area contributed by atoms with Crippen LogP contribution in [0.4, 0.5) is 10.5 Å². The number of nitrogens with zero attached hydrogens (tertiary/aromatic N) is 6. The zero-order valence-electron chi connectivity index (χ0n) is 24.8. The van der Waals surface area contributed by atoms with Gasteiger partial charge in [-0.15, -0.1) is 0 Å². The fraction of sp³-hybridized carbons (Fsp3) is 0.484. The van der Waals surface area contributed by atoms with Crippen LogP contribution in [0.1, 0.15) is 38.2 Å². The van der Waals surface area contributed by atoms with Crippen LogP contribution in [0.5, 0.6) is 11.5 Å². The van der Waals surface area contributed by atoms with E-state index >= 15 is 0 Å². The monoisotopic (exact) mass is 576 g/mol. The number of amides is 4. The first kappa shape index (κ1) is 29.2. The Morgan fingerprint density at radius 2 is 1.88 bits per heavy atom. The Morgan fingerprint density at radius 3 is 2.67 bits per heavy atom. The van der Waals surface area contributed by atoms with E-state index in [9.17, 15) is 14.4 Å². The lowest BCUT2D eigenvalue weighted by Crippen LogP contribution is -2.51. The van der Waals surface area contributed by atoms with Crippen molar-refractivity contribution in [2.75, 3.05) is 58.4 Å². The molecule has 0 radical (unpaired) electrons. The number of piperazine rings is 1. The Bertz CT molecular complexity index is 1440. The van der Waals surface area contributed by atoms with E-state index in [1.54, 1.807) is 35.1 Å². The molecule has 11 nitrogen and oxygen atoms in total. The molecule has 224 valence electrons. The molecule has 0 bridgehead atoms. The lowest BCUT2D eigenvalue weighted by Gasteiger charge is -2.36. The van der Waals surface area contributed by atoms with E-state index in [1.807, 2.05) is 46.0 Å². The molecule has 3 aromatic rings. The number of fused-ring (bicyclic) bond motifs is 1. The van der Waals surface area contributed by atoms with Gasteiger partial charge in [0, 0.05) is 69.3 Å². The second-order valence-corrected chi connectivity index (χ2v) is 10.9. The lowest BCUT2D eigenvalue weighted by molar-refractivity contribution is -0.144. The highest BCUT2D eigenvalue weighted by atomic mass is 16.5. The Labute approximate surface area is 246 Å². The molecule has 42 heavy (non-hydrogen) atoms. The molecule has 0 atom stereocenters. The summed E-state index contributed by atoms with van der Waals surface area (Å²) in [4.78, 5) is 50.1. The first-order valence-electron chi connectivity index (χ1n) is 14.7. The number of carbonyl (C=O) groups excluding carboxylic acids is 3. The van der Waals surface area contributed by atoms with Crippen LogP contribution < -0.4 is 14.4 Å². The predicted octanol–water partition coefficient (Wildman–Crippen LogP) is 3.75. The summed E-state index contributed by atoms with van der Waals surface area (Å²) in [6.45, 7) is 5.71. The number of unbranched alkanes of at least 4 members (excludes halogenated alkanes) is 2. The van der Waals surface area contributed by atoms with Crippen molar-refractivity contribution in [3.8, 4) is 11.5 Å². The van der Waals surface area contributed by atoms with Crippen molar-refractivity contribution in [1.82, 2.24) is 24.3 Å². The van der Waals surface area contributed by atoms with E-state index < -0.39 is 0 Å². The van der Waals surface area contributed by atoms with Gasteiger partial charge in [-0.1, -0.05) is 19.8 Å². The Balaban J connectivity index is 1.29. The molecule has 2 aromatic heterocycles. The van der Waals surface area contributed by atoms with Crippen molar-refractivity contribution < 1.29 is 23.9 Å². The van der Waals surface area contributed by atoms with Gasteiger partial charge in [-0.05, 0) is 42.7 Å². The van der Waals surface area contributed by atoms with Gasteiger partial charge in [0.2, 0.25) is 11.8 Å². The van der Waals surface area contributed by atoms with E-state index in [4.69, 9.17) is 9.47 Å². The number of likely N-dealkylation sites (N-methyl/N-ethyl adjacent to an activating group) is 1. The SMILES string of the molecule is CCCCCOc1cc(N2CCCN(Cc3ccnc4c3ccn4CC(=O)N3CCN(C)C(=O)C3)C2=O)ccc1OC. The highest BCUT2D eigenvalue weighted by Crippen LogP contribution is 2.33. The summed E-state index contributed by atoms with van der Waals surface area (Å²) in [6.07, 6.45) is 7.57. The molecule has 11 heteroatoms. The molecule has 0 spiro atoms. The number of benzene rings is 1. The fourth-order valence-corrected chi connectivity index (χ4v) is 5.48. The average molecular weight is 577 g/mol. The maximum Gasteiger partial charge on any atom is 0.324 e. The highest BCUT2D eigenvalue weighted by Gasteiger charge is 2.29. The standard InChI is InChI=1S/C31H40N6O5/c1-4-5-6-18-42-27-19-24(8-9-26(27)41-3)37-14-7-13-36(31(37)40)20-23-10-12-32-30-25(23)11-15-35(30)22-29(39)34-17-16-33(2)28(38)21-34/h8-12,15,19H,4-7,13-14,16-18,20-22H2,1-3H3. The molecular weight excluding hydrogens is 536 g/mol. The van der Waals surface area contributed by atoms with E-state index in [0.29, 0.717) is 56.5 Å². The number of carbonyl (C=O) groups is 3. The molecule has 2 aliphatic rings. The molecular formula is C31H40N6O5. The third-order valence-corrected chi connectivity index (χ3v) is 8.00. The normalized spacial score (nSPS) is 16.0. The van der Waals surface area contributed by atoms with Gasteiger partial charge in [-0.25, -0.2) is 9.78 Å². The van der Waals surface area contributed by atoms with E-state index in [0.717, 1.165) is 42.3 Å². The van der Waals surface area contributed by atoms with Crippen molar-refractivity contribution in [2.24, 2.45) is 0 Å². The van der Waals surface area contributed by atoms with Crippen LogP contribution in [0.15, 0.2) is 42.7 Å². The van der Waals surface area contributed by atoms with Crippen LogP contribution in [-0.2, 0) is 22.7 Å². The van der Waals surface area contributed by atoms with Gasteiger partial charge in [0.25, 0.3) is 0 Å². The Kier molecular flexibility index (Phi) is 9.14. The van der Waals surface area contributed by atoms with Gasteiger partial charge in [-0.2, -0.15) is 0 Å². The average Bonchev–Trinajstić information content (AvgIpc) is 3.41. The molecule has 5 rings (SSSR count). The van der Waals surface area contributed by atoms with Crippen LogP contribution in [0.3, 0.4) is 0 Å². The fourth-order valence-electron chi connectivity index (χ4n) is 5.48. The first-order chi connectivity index (χ1) is 20.4. The number of hydrogen-bond donors (Lipinski definition) is 0. The van der Waals surface area contributed by atoms with Crippen LogP contribution in [0.2, 0.25) is 0 Å². The molecule has 2 fully saturated rings. The number of aromatic nitrogens is 2. The van der Waals surface area contributed by atoms with Crippen LogP contribution >= 0.6 is 0 Å². The molecule has 2 aliphatic heterocycles. The minimum absolute atomic E-state index is 0.0574. The molecule has 4 heterocycles. The summed E-state index contributed by atoms with van der Waals surface area (Å²) in [5.74, 6) is 1.12. The summed E-state index contributed by atoms with van der Waals surface area (Å²) in [5.41, 5.74) is 2.43. The Morgan fingerprint density at radius 1 is 1.02 bits per heavy atom. The molecule has 0 aliphatic carbocycles. The minimum atomic E-state index is -0.115. The third-order valence-electron chi connectivity index (χ3n) is 8.00. The second-order valence-electron chi connectivity index (χ2n) is 10.9. The molecule has 0 saturated carbocycles. The third kappa shape index (κ3) is 6.29. The van der Waals surface area contributed by atoms with E-state index in [2.05, 4.69) is 11.9 Å². The minimum Gasteiger partial charge on any atom is -0.493 e. The van der Waals surface area contributed by atoms with Crippen molar-refractivity contribution in [2.45, 2.75) is 45.7 Å². The summed E-state index contributed by atoms with van der Waals surface area (Å²) in [6, 6.07) is 9.44. The predicted molar refractivity (Wildman–Crippen MR) is 160 cm³/mol. The van der Waals surface area contributed by atoms with Crippen molar-refractivity contribution >= 4 is 34.6 Å². The van der Waals surface area contributed by atoms with Crippen LogP contribution in [0, 0.1) is 0 Å². The Hall–Kier alpha value is -4.28. The van der Waals surface area contributed by atoms with Crippen LogP contribution in [-0.4, -0.2) is 95.6 Å². The van der Waals surface area contributed by atoms with Gasteiger partial charge in [0.05, 0.1) is 20.3 Å². The number of anilines is 1. The van der Waals surface area contributed by atoms with Gasteiger partial charge < -0.3 is 28.7 Å². The number of ether oxygens (including phenoxy) is 2. The maximum atomic E-state index is 13.7. The summed E-state index contributed by atoms with van der Waals surface area (Å²) in [7, 11) is 3.37. The topological polar surface area (TPSA) is 100 Å². The summed E-state index contributed by atoms with van der Waals surface area (Å²) >= 11 is 0. The number of hydrogen-bond acceptors (Lipinski definition) is 6. The number of pyridine rings is 1. The smallest absolute Gasteiger partial charge is 0.324 e. The summed E-state index contributed by atoms with van der Waals surface area (Å²) in [5, 5.41) is 0.900. The van der Waals surface area contributed by atoms with Gasteiger partial charge in [0.15, 0.2) is 11.5 Å².